The zero-order valence-electron chi connectivity index (χ0n) is 14.8. The number of unbranched alkanes of at least 4 members (excludes halogenated alkanes) is 9. The van der Waals surface area contributed by atoms with E-state index in [0.717, 1.165) is 12.8 Å². The maximum Gasteiger partial charge on any atom is 2.00 e. The first-order valence-corrected chi connectivity index (χ1v) is 7.55. The molecule has 20 heavy (non-hydrogen) atoms. The van der Waals surface area contributed by atoms with Gasteiger partial charge in [-0.05, 0) is 6.42 Å². The molecule has 5 heteroatoms. The topological polar surface area (TPSA) is 74.6 Å². The summed E-state index contributed by atoms with van der Waals surface area (Å²) in [6, 6.07) is 0. The van der Waals surface area contributed by atoms with Crippen molar-refractivity contribution < 1.29 is 22.7 Å². The van der Waals surface area contributed by atoms with Crippen LogP contribution < -0.4 is 0 Å². The molecule has 0 atom stereocenters. The summed E-state index contributed by atoms with van der Waals surface area (Å²) < 4.78 is 0. The average Bonchev–Trinajstić information content (AvgIpc) is 2.35. The maximum absolute atomic E-state index is 10.7. The summed E-state index contributed by atoms with van der Waals surface area (Å²) in [5.41, 5.74) is 0. The van der Waals surface area contributed by atoms with E-state index in [1.165, 1.54) is 44.9 Å². The van der Waals surface area contributed by atoms with Crippen molar-refractivity contribution in [1.82, 2.24) is 0 Å². The number of carbonyl (C=O) groups is 2. The first-order valence-electron chi connectivity index (χ1n) is 7.55. The molecule has 0 amide bonds. The van der Waals surface area contributed by atoms with Crippen LogP contribution in [0.5, 0.6) is 0 Å². The molecular formula is C15H30MgO4. The van der Waals surface area contributed by atoms with E-state index in [-0.39, 0.29) is 32.3 Å². The van der Waals surface area contributed by atoms with Gasteiger partial charge in [0.15, 0.2) is 5.92 Å². The number of carboxylic acids is 2. The molecule has 4 nitrogen and oxygen atoms in total. The predicted molar refractivity (Wildman–Crippen MR) is 83.2 cm³/mol. The van der Waals surface area contributed by atoms with E-state index in [1.54, 1.807) is 0 Å². The first-order chi connectivity index (χ1) is 9.09. The van der Waals surface area contributed by atoms with Crippen LogP contribution in [0, 0.1) is 5.92 Å². The minimum Gasteiger partial charge on any atom is -1.00 e. The van der Waals surface area contributed by atoms with Gasteiger partial charge in [0.2, 0.25) is 0 Å². The zero-order chi connectivity index (χ0) is 14.5. The van der Waals surface area contributed by atoms with Crippen LogP contribution in [0.3, 0.4) is 0 Å². The van der Waals surface area contributed by atoms with Crippen molar-refractivity contribution in [3.63, 3.8) is 0 Å². The monoisotopic (exact) mass is 298 g/mol. The molecule has 2 N–H and O–H groups in total. The Hall–Kier alpha value is -0.294. The molecule has 0 rings (SSSR count). The molecule has 116 valence electrons. The third-order valence-electron chi connectivity index (χ3n) is 3.44. The van der Waals surface area contributed by atoms with Crippen molar-refractivity contribution >= 4 is 35.0 Å². The Balaban J connectivity index is -0.000000540. The Bertz CT molecular complexity index is 252. The second-order valence-corrected chi connectivity index (χ2v) is 5.20. The molecule has 0 aliphatic carbocycles. The van der Waals surface area contributed by atoms with Gasteiger partial charge in [0.25, 0.3) is 0 Å². The molecule has 0 unspecified atom stereocenters. The van der Waals surface area contributed by atoms with Gasteiger partial charge in [0.1, 0.15) is 0 Å². The normalized spacial score (nSPS) is 10.3. The Morgan fingerprint density at radius 2 is 1.15 bits per heavy atom. The molecule has 0 aromatic rings. The fourth-order valence-corrected chi connectivity index (χ4v) is 2.19. The second kappa shape index (κ2) is 15.1. The van der Waals surface area contributed by atoms with Gasteiger partial charge in [-0.3, -0.25) is 9.59 Å². The van der Waals surface area contributed by atoms with E-state index in [9.17, 15) is 9.59 Å². The summed E-state index contributed by atoms with van der Waals surface area (Å²) in [6.07, 6.45) is 11.9. The quantitative estimate of drug-likeness (QED) is 0.307. The summed E-state index contributed by atoms with van der Waals surface area (Å²) in [5.74, 6) is -3.67. The maximum atomic E-state index is 10.7. The smallest absolute Gasteiger partial charge is 1.00 e. The Labute approximate surface area is 141 Å². The van der Waals surface area contributed by atoms with E-state index >= 15 is 0 Å². The van der Waals surface area contributed by atoms with Gasteiger partial charge in [0.05, 0.1) is 0 Å². The van der Waals surface area contributed by atoms with Gasteiger partial charge in [-0.15, -0.1) is 0 Å². The first kappa shape index (κ1) is 22.0. The molecule has 0 fully saturated rings. The number of hydrogen-bond acceptors (Lipinski definition) is 2. The van der Waals surface area contributed by atoms with Crippen molar-refractivity contribution in [2.45, 2.75) is 77.6 Å². The van der Waals surface area contributed by atoms with Crippen molar-refractivity contribution in [2.75, 3.05) is 0 Å². The van der Waals surface area contributed by atoms with E-state index < -0.39 is 17.9 Å². The summed E-state index contributed by atoms with van der Waals surface area (Å²) in [6.45, 7) is 2.21. The molecule has 0 heterocycles. The SMILES string of the molecule is CCCCCCCCCCCCC(C(=O)O)C(=O)O.[H-].[H-].[Mg+2]. The van der Waals surface area contributed by atoms with Crippen LogP contribution in [-0.2, 0) is 9.59 Å². The third kappa shape index (κ3) is 12.7. The van der Waals surface area contributed by atoms with Gasteiger partial charge in [-0.2, -0.15) is 0 Å². The minimum absolute atomic E-state index is 0. The van der Waals surface area contributed by atoms with Gasteiger partial charge in [-0.1, -0.05) is 71.1 Å². The van der Waals surface area contributed by atoms with E-state index in [2.05, 4.69) is 6.92 Å². The number of hydrogen-bond donors (Lipinski definition) is 2. The number of carboxylic acid groups (broad SMARTS) is 2. The summed E-state index contributed by atoms with van der Waals surface area (Å²) >= 11 is 0. The summed E-state index contributed by atoms with van der Waals surface area (Å²) in [5, 5.41) is 17.4. The molecule has 0 spiro atoms. The van der Waals surface area contributed by atoms with Crippen LogP contribution in [0.15, 0.2) is 0 Å². The van der Waals surface area contributed by atoms with E-state index in [1.807, 2.05) is 0 Å². The molecule has 0 bridgehead atoms. The molecule has 0 saturated heterocycles. The second-order valence-electron chi connectivity index (χ2n) is 5.20. The average molecular weight is 299 g/mol. The van der Waals surface area contributed by atoms with Gasteiger partial charge in [-0.25, -0.2) is 0 Å². The van der Waals surface area contributed by atoms with Crippen LogP contribution in [0.4, 0.5) is 0 Å². The fraction of sp³-hybridized carbons (Fsp3) is 0.867. The molecular weight excluding hydrogens is 268 g/mol. The van der Waals surface area contributed by atoms with Crippen LogP contribution in [0.2, 0.25) is 0 Å². The Morgan fingerprint density at radius 3 is 1.50 bits per heavy atom. The molecule has 0 aliphatic rings. The summed E-state index contributed by atoms with van der Waals surface area (Å²) in [4.78, 5) is 21.3. The van der Waals surface area contributed by atoms with Crippen molar-refractivity contribution in [2.24, 2.45) is 5.92 Å². The van der Waals surface area contributed by atoms with E-state index in [4.69, 9.17) is 10.2 Å². The largest absolute Gasteiger partial charge is 2.00 e. The standard InChI is InChI=1S/C15H28O4.Mg.2H/c1-2-3-4-5-6-7-8-9-10-11-12-13(14(16)17)15(18)19;;;/h13H,2-12H2,1H3,(H,16,17)(H,18,19);;;/q;+2;2*-1. The van der Waals surface area contributed by atoms with Crippen molar-refractivity contribution in [1.29, 1.82) is 0 Å². The van der Waals surface area contributed by atoms with E-state index in [0.29, 0.717) is 6.42 Å². The predicted octanol–water partition coefficient (Wildman–Crippen LogP) is 3.93. The van der Waals surface area contributed by atoms with Crippen LogP contribution >= 0.6 is 0 Å². The molecule has 0 aromatic heterocycles. The van der Waals surface area contributed by atoms with Crippen molar-refractivity contribution in [3.05, 3.63) is 0 Å². The molecule has 0 aromatic carbocycles. The van der Waals surface area contributed by atoms with Crippen molar-refractivity contribution in [3.8, 4) is 0 Å². The van der Waals surface area contributed by atoms with Gasteiger partial charge >= 0.3 is 35.0 Å². The summed E-state index contributed by atoms with van der Waals surface area (Å²) in [7, 11) is 0. The van der Waals surface area contributed by atoms with Crippen LogP contribution in [0.1, 0.15) is 80.4 Å². The van der Waals surface area contributed by atoms with Gasteiger partial charge in [0, 0.05) is 0 Å². The number of rotatable bonds is 13. The van der Waals surface area contributed by atoms with Crippen LogP contribution in [0.25, 0.3) is 0 Å². The third-order valence-corrected chi connectivity index (χ3v) is 3.44. The fourth-order valence-electron chi connectivity index (χ4n) is 2.19. The number of aliphatic carboxylic acids is 2. The molecule has 0 radical (unpaired) electrons. The minimum atomic E-state index is -1.23. The van der Waals surface area contributed by atoms with Gasteiger partial charge < -0.3 is 13.1 Å². The Morgan fingerprint density at radius 1 is 0.800 bits per heavy atom. The molecule has 0 saturated carbocycles. The Kier molecular flexibility index (Phi) is 16.6. The van der Waals surface area contributed by atoms with Crippen LogP contribution in [-0.4, -0.2) is 45.2 Å². The molecule has 0 aliphatic heterocycles. The zero-order valence-corrected chi connectivity index (χ0v) is 14.2.